The van der Waals surface area contributed by atoms with Gasteiger partial charge in [-0.25, -0.2) is 4.98 Å². The highest BCUT2D eigenvalue weighted by atomic mass is 32.1. The van der Waals surface area contributed by atoms with E-state index in [1.54, 1.807) is 11.3 Å². The highest BCUT2D eigenvalue weighted by Crippen LogP contribution is 2.28. The zero-order valence-corrected chi connectivity index (χ0v) is 13.0. The van der Waals surface area contributed by atoms with E-state index in [-0.39, 0.29) is 0 Å². The van der Waals surface area contributed by atoms with Gasteiger partial charge in [0, 0.05) is 30.4 Å². The molecule has 2 unspecified atom stereocenters. The Morgan fingerprint density at radius 2 is 2.30 bits per heavy atom. The van der Waals surface area contributed by atoms with Gasteiger partial charge in [0.15, 0.2) is 4.96 Å². The molecular formula is C15H24N4S. The first kappa shape index (κ1) is 14.0. The van der Waals surface area contributed by atoms with Gasteiger partial charge in [0.2, 0.25) is 0 Å². The van der Waals surface area contributed by atoms with Crippen LogP contribution in [0.15, 0.2) is 17.8 Å². The minimum Gasteiger partial charge on any atom is -0.330 e. The molecule has 1 aliphatic carbocycles. The highest BCUT2D eigenvalue weighted by Gasteiger charge is 2.28. The summed E-state index contributed by atoms with van der Waals surface area (Å²) in [4.78, 5) is 8.38. The Balaban J connectivity index is 1.73. The second-order valence-electron chi connectivity index (χ2n) is 5.74. The molecule has 2 aromatic rings. The molecule has 5 heteroatoms. The Kier molecular flexibility index (Phi) is 4.38. The molecule has 1 fully saturated rings. The molecule has 2 heterocycles. The maximum Gasteiger partial charge on any atom is 0.193 e. The van der Waals surface area contributed by atoms with Gasteiger partial charge in [0.05, 0.1) is 5.69 Å². The average Bonchev–Trinajstić information content (AvgIpc) is 3.05. The van der Waals surface area contributed by atoms with Crippen molar-refractivity contribution in [2.45, 2.75) is 45.2 Å². The van der Waals surface area contributed by atoms with Crippen LogP contribution in [-0.4, -0.2) is 33.4 Å². The molecule has 3 rings (SSSR count). The summed E-state index contributed by atoms with van der Waals surface area (Å²) in [7, 11) is 0. The van der Waals surface area contributed by atoms with Gasteiger partial charge in [-0.15, -0.1) is 11.3 Å². The Morgan fingerprint density at radius 3 is 3.05 bits per heavy atom. The van der Waals surface area contributed by atoms with Crippen LogP contribution >= 0.6 is 11.3 Å². The predicted molar refractivity (Wildman–Crippen MR) is 84.0 cm³/mol. The molecule has 2 aromatic heterocycles. The smallest absolute Gasteiger partial charge is 0.193 e. The molecule has 0 radical (unpaired) electrons. The molecule has 0 saturated heterocycles. The lowest BCUT2D eigenvalue weighted by atomic mass is 9.83. The van der Waals surface area contributed by atoms with E-state index >= 15 is 0 Å². The van der Waals surface area contributed by atoms with E-state index < -0.39 is 0 Å². The molecule has 0 bridgehead atoms. The number of rotatable bonds is 5. The molecular weight excluding hydrogens is 268 g/mol. The maximum atomic E-state index is 5.98. The summed E-state index contributed by atoms with van der Waals surface area (Å²) < 4.78 is 2.12. The summed E-state index contributed by atoms with van der Waals surface area (Å²) in [5.41, 5.74) is 7.16. The van der Waals surface area contributed by atoms with Gasteiger partial charge in [0.25, 0.3) is 0 Å². The lowest BCUT2D eigenvalue weighted by Gasteiger charge is -2.39. The van der Waals surface area contributed by atoms with Crippen LogP contribution in [0, 0.1) is 5.92 Å². The van der Waals surface area contributed by atoms with Gasteiger partial charge < -0.3 is 5.73 Å². The molecule has 2 atom stereocenters. The van der Waals surface area contributed by atoms with E-state index in [9.17, 15) is 0 Å². The summed E-state index contributed by atoms with van der Waals surface area (Å²) in [6.45, 7) is 5.10. The molecule has 1 aliphatic rings. The van der Waals surface area contributed by atoms with Gasteiger partial charge in [-0.1, -0.05) is 19.8 Å². The van der Waals surface area contributed by atoms with E-state index in [2.05, 4.69) is 34.0 Å². The van der Waals surface area contributed by atoms with E-state index in [0.717, 1.165) is 24.6 Å². The fourth-order valence-corrected chi connectivity index (χ4v) is 4.19. The predicted octanol–water partition coefficient (Wildman–Crippen LogP) is 2.74. The third-order valence-corrected chi connectivity index (χ3v) is 5.33. The van der Waals surface area contributed by atoms with Crippen molar-refractivity contribution in [1.29, 1.82) is 0 Å². The third-order valence-electron chi connectivity index (χ3n) is 4.56. The van der Waals surface area contributed by atoms with Gasteiger partial charge in [-0.2, -0.15) is 0 Å². The number of hydrogen-bond acceptors (Lipinski definition) is 4. The van der Waals surface area contributed by atoms with Crippen LogP contribution in [0.3, 0.4) is 0 Å². The second-order valence-corrected chi connectivity index (χ2v) is 6.61. The van der Waals surface area contributed by atoms with Gasteiger partial charge in [0.1, 0.15) is 0 Å². The maximum absolute atomic E-state index is 5.98. The van der Waals surface area contributed by atoms with E-state index in [0.29, 0.717) is 12.0 Å². The molecule has 110 valence electrons. The molecule has 0 spiro atoms. The monoisotopic (exact) mass is 292 g/mol. The fourth-order valence-electron chi connectivity index (χ4n) is 3.47. The van der Waals surface area contributed by atoms with Crippen LogP contribution in [0.2, 0.25) is 0 Å². The largest absolute Gasteiger partial charge is 0.330 e. The lowest BCUT2D eigenvalue weighted by molar-refractivity contribution is 0.104. The van der Waals surface area contributed by atoms with Crippen LogP contribution < -0.4 is 5.73 Å². The van der Waals surface area contributed by atoms with Crippen LogP contribution in [-0.2, 0) is 6.54 Å². The first-order valence-corrected chi connectivity index (χ1v) is 8.55. The summed E-state index contributed by atoms with van der Waals surface area (Å²) in [5.74, 6) is 0.660. The summed E-state index contributed by atoms with van der Waals surface area (Å²) in [6.07, 6.45) is 9.50. The second kappa shape index (κ2) is 6.24. The lowest BCUT2D eigenvalue weighted by Crippen LogP contribution is -2.44. The first-order valence-electron chi connectivity index (χ1n) is 7.67. The van der Waals surface area contributed by atoms with Crippen molar-refractivity contribution < 1.29 is 0 Å². The van der Waals surface area contributed by atoms with Crippen LogP contribution in [0.5, 0.6) is 0 Å². The van der Waals surface area contributed by atoms with Gasteiger partial charge in [-0.05, 0) is 31.8 Å². The third kappa shape index (κ3) is 2.75. The fraction of sp³-hybridized carbons (Fsp3) is 0.667. The summed E-state index contributed by atoms with van der Waals surface area (Å²) in [6, 6.07) is 0.637. The average molecular weight is 292 g/mol. The van der Waals surface area contributed by atoms with E-state index in [1.165, 1.54) is 31.4 Å². The Labute approximate surface area is 124 Å². The molecule has 4 nitrogen and oxygen atoms in total. The van der Waals surface area contributed by atoms with Crippen LogP contribution in [0.4, 0.5) is 0 Å². The number of fused-ring (bicyclic) bond motifs is 1. The number of nitrogens with two attached hydrogens (primary N) is 1. The van der Waals surface area contributed by atoms with Gasteiger partial charge in [-0.3, -0.25) is 9.30 Å². The minimum atomic E-state index is 0.637. The van der Waals surface area contributed by atoms with Crippen LogP contribution in [0.25, 0.3) is 4.96 Å². The quantitative estimate of drug-likeness (QED) is 0.921. The SMILES string of the molecule is CCN(Cc1cn2ccsc2n1)C1CCCCC1CN. The summed E-state index contributed by atoms with van der Waals surface area (Å²) in [5, 5.41) is 2.08. The number of aromatic nitrogens is 2. The summed E-state index contributed by atoms with van der Waals surface area (Å²) >= 11 is 1.70. The van der Waals surface area contributed by atoms with Gasteiger partial charge >= 0.3 is 0 Å². The van der Waals surface area contributed by atoms with Crippen molar-refractivity contribution >= 4 is 16.3 Å². The standard InChI is InChI=1S/C15H24N4S/c1-2-18(14-6-4-3-5-12(14)9-16)10-13-11-19-7-8-20-15(19)17-13/h7-8,11-12,14H,2-6,9-10,16H2,1H3. The molecule has 1 saturated carbocycles. The number of nitrogens with zero attached hydrogens (tertiary/aromatic N) is 3. The zero-order chi connectivity index (χ0) is 13.9. The van der Waals surface area contributed by atoms with Crippen molar-refractivity contribution in [2.24, 2.45) is 11.7 Å². The molecule has 0 aliphatic heterocycles. The number of thiazole rings is 1. The highest BCUT2D eigenvalue weighted by molar-refractivity contribution is 7.15. The Hall–Kier alpha value is -0.910. The van der Waals surface area contributed by atoms with E-state index in [1.807, 2.05) is 0 Å². The zero-order valence-electron chi connectivity index (χ0n) is 12.2. The van der Waals surface area contributed by atoms with Crippen LogP contribution in [0.1, 0.15) is 38.3 Å². The normalized spacial score (nSPS) is 23.8. The first-order chi connectivity index (χ1) is 9.81. The van der Waals surface area contributed by atoms with Crippen molar-refractivity contribution in [2.75, 3.05) is 13.1 Å². The topological polar surface area (TPSA) is 46.6 Å². The number of hydrogen-bond donors (Lipinski definition) is 1. The Morgan fingerprint density at radius 1 is 1.45 bits per heavy atom. The molecule has 0 aromatic carbocycles. The van der Waals surface area contributed by atoms with Crippen molar-refractivity contribution in [1.82, 2.24) is 14.3 Å². The van der Waals surface area contributed by atoms with Crippen molar-refractivity contribution in [3.05, 3.63) is 23.5 Å². The molecule has 20 heavy (non-hydrogen) atoms. The van der Waals surface area contributed by atoms with Crippen molar-refractivity contribution in [3.8, 4) is 0 Å². The molecule has 0 amide bonds. The molecule has 2 N–H and O–H groups in total. The minimum absolute atomic E-state index is 0.637. The van der Waals surface area contributed by atoms with Crippen molar-refractivity contribution in [3.63, 3.8) is 0 Å². The van der Waals surface area contributed by atoms with E-state index in [4.69, 9.17) is 10.7 Å². The Bertz CT molecular complexity index is 518. The number of imidazole rings is 1.